The summed E-state index contributed by atoms with van der Waals surface area (Å²) in [6.07, 6.45) is 4.46. The number of rotatable bonds is 4. The molecular weight excluding hydrogens is 278 g/mol. The van der Waals surface area contributed by atoms with Crippen LogP contribution in [-0.4, -0.2) is 42.4 Å². The van der Waals surface area contributed by atoms with Gasteiger partial charge < -0.3 is 16.0 Å². The van der Waals surface area contributed by atoms with Crippen molar-refractivity contribution in [2.75, 3.05) is 19.6 Å². The number of primary amides is 1. The molecule has 0 aromatic carbocycles. The molecule has 0 spiro atoms. The van der Waals surface area contributed by atoms with Crippen molar-refractivity contribution in [3.8, 4) is 0 Å². The lowest BCUT2D eigenvalue weighted by Crippen LogP contribution is -2.44. The molecule has 2 aliphatic heterocycles. The number of carbonyl (C=O) groups is 2. The lowest BCUT2D eigenvalue weighted by molar-refractivity contribution is -0.138. The topological polar surface area (TPSA) is 75.4 Å². The zero-order valence-corrected chi connectivity index (χ0v) is 13.0. The van der Waals surface area contributed by atoms with Gasteiger partial charge in [0, 0.05) is 13.0 Å². The first-order chi connectivity index (χ1) is 9.09. The molecule has 5 nitrogen and oxygen atoms in total. The zero-order chi connectivity index (χ0) is 13.8. The average Bonchev–Trinajstić information content (AvgIpc) is 2.89. The largest absolute Gasteiger partial charge is 0.368 e. The second-order valence-electron chi connectivity index (χ2n) is 5.92. The van der Waals surface area contributed by atoms with Gasteiger partial charge in [-0.3, -0.25) is 9.59 Å². The minimum absolute atomic E-state index is 0. The van der Waals surface area contributed by atoms with Crippen LogP contribution in [0.25, 0.3) is 0 Å². The van der Waals surface area contributed by atoms with E-state index in [2.05, 4.69) is 12.2 Å². The Labute approximate surface area is 127 Å². The highest BCUT2D eigenvalue weighted by Gasteiger charge is 2.33. The predicted molar refractivity (Wildman–Crippen MR) is 80.6 cm³/mol. The Bertz CT molecular complexity index is 345. The molecule has 0 aliphatic carbocycles. The number of hydrogen-bond acceptors (Lipinski definition) is 3. The van der Waals surface area contributed by atoms with Crippen LogP contribution in [0.2, 0.25) is 0 Å². The maximum atomic E-state index is 12.3. The van der Waals surface area contributed by atoms with Gasteiger partial charge in [-0.1, -0.05) is 6.92 Å². The first-order valence-electron chi connectivity index (χ1n) is 7.39. The van der Waals surface area contributed by atoms with Crippen LogP contribution in [0, 0.1) is 11.8 Å². The van der Waals surface area contributed by atoms with E-state index in [1.54, 1.807) is 4.90 Å². The van der Waals surface area contributed by atoms with Gasteiger partial charge in [-0.2, -0.15) is 0 Å². The summed E-state index contributed by atoms with van der Waals surface area (Å²) in [5, 5.41) is 3.34. The van der Waals surface area contributed by atoms with Crippen molar-refractivity contribution < 1.29 is 9.59 Å². The normalized spacial score (nSPS) is 25.1. The third-order valence-electron chi connectivity index (χ3n) is 4.59. The molecule has 0 radical (unpaired) electrons. The van der Waals surface area contributed by atoms with E-state index >= 15 is 0 Å². The molecule has 2 unspecified atom stereocenters. The second kappa shape index (κ2) is 7.84. The number of amides is 2. The lowest BCUT2D eigenvalue weighted by atomic mass is 9.84. The molecule has 6 heteroatoms. The smallest absolute Gasteiger partial charge is 0.240 e. The van der Waals surface area contributed by atoms with Crippen LogP contribution in [-0.2, 0) is 9.59 Å². The first kappa shape index (κ1) is 17.2. The van der Waals surface area contributed by atoms with E-state index in [0.29, 0.717) is 24.8 Å². The fourth-order valence-corrected chi connectivity index (χ4v) is 3.33. The van der Waals surface area contributed by atoms with E-state index in [4.69, 9.17) is 5.73 Å². The fourth-order valence-electron chi connectivity index (χ4n) is 3.33. The predicted octanol–water partition coefficient (Wildman–Crippen LogP) is 0.910. The Kier molecular flexibility index (Phi) is 6.76. The summed E-state index contributed by atoms with van der Waals surface area (Å²) in [5.74, 6) is 0.760. The summed E-state index contributed by atoms with van der Waals surface area (Å²) in [7, 11) is 0. The van der Waals surface area contributed by atoms with E-state index in [1.807, 2.05) is 0 Å². The van der Waals surface area contributed by atoms with E-state index < -0.39 is 0 Å². The SMILES string of the molecule is CC(CC(=O)N1CCCC1C(N)=O)C1CCNCC1.Cl. The summed E-state index contributed by atoms with van der Waals surface area (Å²) in [4.78, 5) is 25.3. The number of nitrogens with two attached hydrogens (primary N) is 1. The molecule has 0 saturated carbocycles. The van der Waals surface area contributed by atoms with Crippen LogP contribution in [0.15, 0.2) is 0 Å². The zero-order valence-electron chi connectivity index (χ0n) is 12.1. The third-order valence-corrected chi connectivity index (χ3v) is 4.59. The van der Waals surface area contributed by atoms with Crippen LogP contribution in [0.5, 0.6) is 0 Å². The lowest BCUT2D eigenvalue weighted by Gasteiger charge is -2.30. The molecule has 0 aromatic heterocycles. The molecule has 2 atom stereocenters. The van der Waals surface area contributed by atoms with Crippen molar-refractivity contribution in [3.63, 3.8) is 0 Å². The third kappa shape index (κ3) is 4.09. The molecule has 2 aliphatic rings. The van der Waals surface area contributed by atoms with Crippen LogP contribution in [0.4, 0.5) is 0 Å². The molecule has 2 amide bonds. The van der Waals surface area contributed by atoms with Gasteiger partial charge in [-0.05, 0) is 50.6 Å². The van der Waals surface area contributed by atoms with Crippen LogP contribution in [0.1, 0.15) is 39.0 Å². The summed E-state index contributed by atoms with van der Waals surface area (Å²) < 4.78 is 0. The molecule has 0 bridgehead atoms. The number of likely N-dealkylation sites (tertiary alicyclic amines) is 1. The maximum absolute atomic E-state index is 12.3. The first-order valence-corrected chi connectivity index (χ1v) is 7.39. The van der Waals surface area contributed by atoms with Crippen molar-refractivity contribution in [2.45, 2.75) is 45.1 Å². The molecule has 0 aromatic rings. The second-order valence-corrected chi connectivity index (χ2v) is 5.92. The molecular formula is C14H26ClN3O2. The minimum atomic E-state index is -0.368. The Hall–Kier alpha value is -0.810. The standard InChI is InChI=1S/C14H25N3O2.ClH/c1-10(11-4-6-16-7-5-11)9-13(18)17-8-2-3-12(17)14(15)19;/h10-12,16H,2-9H2,1H3,(H2,15,19);1H. The van der Waals surface area contributed by atoms with Crippen molar-refractivity contribution in [1.82, 2.24) is 10.2 Å². The Morgan fingerprint density at radius 1 is 1.30 bits per heavy atom. The number of piperidine rings is 1. The summed E-state index contributed by atoms with van der Waals surface area (Å²) in [6, 6.07) is -0.368. The van der Waals surface area contributed by atoms with E-state index in [9.17, 15) is 9.59 Å². The van der Waals surface area contributed by atoms with Gasteiger partial charge >= 0.3 is 0 Å². The van der Waals surface area contributed by atoms with Gasteiger partial charge in [0.2, 0.25) is 11.8 Å². The quantitative estimate of drug-likeness (QED) is 0.810. The van der Waals surface area contributed by atoms with Crippen molar-refractivity contribution >= 4 is 24.2 Å². The van der Waals surface area contributed by atoms with Gasteiger partial charge in [0.05, 0.1) is 0 Å². The fraction of sp³-hybridized carbons (Fsp3) is 0.857. The van der Waals surface area contributed by atoms with Crippen molar-refractivity contribution in [1.29, 1.82) is 0 Å². The molecule has 2 rings (SSSR count). The van der Waals surface area contributed by atoms with Gasteiger partial charge in [0.25, 0.3) is 0 Å². The van der Waals surface area contributed by atoms with E-state index in [1.165, 1.54) is 0 Å². The van der Waals surface area contributed by atoms with Gasteiger partial charge in [0.15, 0.2) is 0 Å². The minimum Gasteiger partial charge on any atom is -0.368 e. The molecule has 2 saturated heterocycles. The number of hydrogen-bond donors (Lipinski definition) is 2. The Balaban J connectivity index is 0.00000200. The Morgan fingerprint density at radius 3 is 2.55 bits per heavy atom. The molecule has 3 N–H and O–H groups in total. The van der Waals surface area contributed by atoms with Crippen LogP contribution < -0.4 is 11.1 Å². The number of carbonyl (C=O) groups excluding carboxylic acids is 2. The highest BCUT2D eigenvalue weighted by molar-refractivity contribution is 5.87. The van der Waals surface area contributed by atoms with E-state index in [0.717, 1.165) is 38.8 Å². The highest BCUT2D eigenvalue weighted by atomic mass is 35.5. The summed E-state index contributed by atoms with van der Waals surface area (Å²) in [5.41, 5.74) is 5.36. The van der Waals surface area contributed by atoms with Gasteiger partial charge in [-0.25, -0.2) is 0 Å². The van der Waals surface area contributed by atoms with Crippen LogP contribution >= 0.6 is 12.4 Å². The van der Waals surface area contributed by atoms with Crippen molar-refractivity contribution in [3.05, 3.63) is 0 Å². The van der Waals surface area contributed by atoms with Gasteiger partial charge in [-0.15, -0.1) is 12.4 Å². The van der Waals surface area contributed by atoms with E-state index in [-0.39, 0.29) is 30.3 Å². The average molecular weight is 304 g/mol. The molecule has 116 valence electrons. The van der Waals surface area contributed by atoms with Crippen molar-refractivity contribution in [2.24, 2.45) is 17.6 Å². The molecule has 2 fully saturated rings. The van der Waals surface area contributed by atoms with Crippen LogP contribution in [0.3, 0.4) is 0 Å². The van der Waals surface area contributed by atoms with Gasteiger partial charge in [0.1, 0.15) is 6.04 Å². The number of halogens is 1. The Morgan fingerprint density at radius 2 is 1.95 bits per heavy atom. The highest BCUT2D eigenvalue weighted by Crippen LogP contribution is 2.26. The number of nitrogens with one attached hydrogen (secondary N) is 1. The summed E-state index contributed by atoms with van der Waals surface area (Å²) >= 11 is 0. The maximum Gasteiger partial charge on any atom is 0.240 e. The summed E-state index contributed by atoms with van der Waals surface area (Å²) in [6.45, 7) is 4.95. The monoisotopic (exact) mass is 303 g/mol. The molecule has 2 heterocycles. The molecule has 20 heavy (non-hydrogen) atoms. The number of nitrogens with zero attached hydrogens (tertiary/aromatic N) is 1.